The van der Waals surface area contributed by atoms with Crippen molar-refractivity contribution in [1.29, 1.82) is 5.26 Å². The monoisotopic (exact) mass is 872 g/mol. The van der Waals surface area contributed by atoms with Crippen LogP contribution in [0, 0.1) is 39.0 Å². The van der Waals surface area contributed by atoms with Crippen molar-refractivity contribution in [3.63, 3.8) is 0 Å². The Balaban J connectivity index is 1.05. The van der Waals surface area contributed by atoms with Crippen LogP contribution in [0.2, 0.25) is 0 Å². The fraction of sp³-hybridized carbons (Fsp3) is 0.0645. The first kappa shape index (κ1) is 40.6. The number of hydrogen-bond acceptors (Lipinski definition) is 4. The molecule has 3 heterocycles. The van der Waals surface area contributed by atoms with Gasteiger partial charge in [0.1, 0.15) is 0 Å². The van der Waals surface area contributed by atoms with Gasteiger partial charge in [-0.15, -0.1) is 0 Å². The van der Waals surface area contributed by atoms with Crippen LogP contribution < -0.4 is 0 Å². The minimum Gasteiger partial charge on any atom is -0.309 e. The van der Waals surface area contributed by atoms with Gasteiger partial charge in [-0.3, -0.25) is 0 Å². The Bertz CT molecular complexity index is 3810. The molecule has 3 aromatic heterocycles. The molecular formula is C62H44N6. The van der Waals surface area contributed by atoms with Crippen molar-refractivity contribution in [2.24, 2.45) is 0 Å². The number of nitrogens with zero attached hydrogens (tertiary/aromatic N) is 6. The Kier molecular flexibility index (Phi) is 9.67. The van der Waals surface area contributed by atoms with Gasteiger partial charge in [0.15, 0.2) is 17.5 Å². The highest BCUT2D eigenvalue weighted by atomic mass is 15.0. The van der Waals surface area contributed by atoms with E-state index in [-0.39, 0.29) is 0 Å². The smallest absolute Gasteiger partial charge is 0.165 e. The number of benzene rings is 9. The zero-order valence-electron chi connectivity index (χ0n) is 38.2. The molecule has 322 valence electrons. The van der Waals surface area contributed by atoms with Crippen LogP contribution in [0.5, 0.6) is 0 Å². The van der Waals surface area contributed by atoms with Crippen molar-refractivity contribution >= 4 is 43.6 Å². The molecule has 0 spiro atoms. The molecule has 0 saturated carbocycles. The van der Waals surface area contributed by atoms with E-state index in [4.69, 9.17) is 15.0 Å². The number of aromatic nitrogens is 5. The van der Waals surface area contributed by atoms with E-state index in [0.717, 1.165) is 66.8 Å². The number of hydrogen-bond donors (Lipinski definition) is 0. The fourth-order valence-electron chi connectivity index (χ4n) is 9.92. The normalized spacial score (nSPS) is 11.5. The molecule has 12 rings (SSSR count). The average Bonchev–Trinajstić information content (AvgIpc) is 3.87. The third-order valence-electron chi connectivity index (χ3n) is 13.2. The zero-order chi connectivity index (χ0) is 46.0. The summed E-state index contributed by atoms with van der Waals surface area (Å²) < 4.78 is 4.71. The van der Waals surface area contributed by atoms with Gasteiger partial charge in [-0.2, -0.15) is 5.26 Å². The number of fused-ring (bicyclic) bond motifs is 6. The van der Waals surface area contributed by atoms with Crippen LogP contribution in [0.3, 0.4) is 0 Å². The van der Waals surface area contributed by atoms with Crippen LogP contribution in [0.25, 0.3) is 111 Å². The number of aryl methyl sites for hydroxylation is 4. The van der Waals surface area contributed by atoms with E-state index in [9.17, 15) is 5.26 Å². The molecule has 0 amide bonds. The molecule has 0 bridgehead atoms. The first-order valence-electron chi connectivity index (χ1n) is 23.0. The van der Waals surface area contributed by atoms with Gasteiger partial charge in [0.2, 0.25) is 0 Å². The van der Waals surface area contributed by atoms with Crippen molar-refractivity contribution in [3.05, 3.63) is 222 Å². The lowest BCUT2D eigenvalue weighted by Gasteiger charge is -2.17. The van der Waals surface area contributed by atoms with Gasteiger partial charge in [0, 0.05) is 49.6 Å². The molecule has 0 fully saturated rings. The fourth-order valence-corrected chi connectivity index (χ4v) is 9.92. The quantitative estimate of drug-likeness (QED) is 0.160. The van der Waals surface area contributed by atoms with Gasteiger partial charge < -0.3 is 9.13 Å². The topological polar surface area (TPSA) is 72.3 Å². The molecule has 0 unspecified atom stereocenters. The van der Waals surface area contributed by atoms with Crippen molar-refractivity contribution < 1.29 is 0 Å². The summed E-state index contributed by atoms with van der Waals surface area (Å²) in [5, 5.41) is 16.0. The maximum absolute atomic E-state index is 11.0. The number of nitriles is 1. The van der Waals surface area contributed by atoms with Crippen LogP contribution in [-0.2, 0) is 0 Å². The second-order valence-electron chi connectivity index (χ2n) is 17.9. The molecule has 6 nitrogen and oxygen atoms in total. The van der Waals surface area contributed by atoms with Crippen molar-refractivity contribution in [2.75, 3.05) is 0 Å². The Morgan fingerprint density at radius 2 is 0.691 bits per heavy atom. The molecule has 0 saturated heterocycles. The van der Waals surface area contributed by atoms with Crippen molar-refractivity contribution in [3.8, 4) is 73.9 Å². The summed E-state index contributed by atoms with van der Waals surface area (Å²) in [6.45, 7) is 8.60. The Hall–Kier alpha value is -8.92. The van der Waals surface area contributed by atoms with Gasteiger partial charge >= 0.3 is 0 Å². The first-order chi connectivity index (χ1) is 33.3. The highest BCUT2D eigenvalue weighted by Gasteiger charge is 2.21. The molecule has 6 heteroatoms. The molecule has 0 radical (unpaired) electrons. The van der Waals surface area contributed by atoms with Gasteiger partial charge in [0.25, 0.3) is 0 Å². The van der Waals surface area contributed by atoms with Gasteiger partial charge in [0.05, 0.1) is 33.7 Å². The lowest BCUT2D eigenvalue weighted by Crippen LogP contribution is -2.02. The van der Waals surface area contributed by atoms with Crippen LogP contribution in [-0.4, -0.2) is 24.1 Å². The molecule has 0 atom stereocenters. The predicted octanol–water partition coefficient (Wildman–Crippen LogP) is 15.5. The molecule has 0 aliphatic carbocycles. The molecule has 9 aromatic carbocycles. The summed E-state index contributed by atoms with van der Waals surface area (Å²) >= 11 is 0. The standard InChI is InChI=1S/C62H44N6/c1-38-15-27-56-52(31-38)53-32-39(2)16-28-57(53)67(56)47-23-19-42(20-24-47)49-35-46(37-63)51(62-65-60(44-11-7-5-8-12-44)64-61(66-62)45-13-9-6-10-14-45)36-50(49)43-21-25-48(26-22-43)68-58-29-17-40(3)33-54(58)55-34-41(4)18-30-59(55)68/h5-36H,1-4H3. The second-order valence-corrected chi connectivity index (χ2v) is 17.9. The van der Waals surface area contributed by atoms with E-state index in [1.807, 2.05) is 66.7 Å². The molecule has 0 aliphatic heterocycles. The van der Waals surface area contributed by atoms with E-state index in [0.29, 0.717) is 28.6 Å². The average molecular weight is 873 g/mol. The Labute approximate surface area is 394 Å². The Morgan fingerprint density at radius 1 is 0.338 bits per heavy atom. The van der Waals surface area contributed by atoms with E-state index < -0.39 is 0 Å². The minimum atomic E-state index is 0.432. The minimum absolute atomic E-state index is 0.432. The summed E-state index contributed by atoms with van der Waals surface area (Å²) in [6, 6.07) is 70.8. The predicted molar refractivity (Wildman–Crippen MR) is 279 cm³/mol. The zero-order valence-corrected chi connectivity index (χ0v) is 38.2. The SMILES string of the molecule is Cc1ccc2c(c1)c1cc(C)ccc1n2-c1ccc(-c2cc(C#N)c(-c3nc(-c4ccccc4)nc(-c4ccccc4)n3)cc2-c2ccc(-n3c4ccc(C)cc4c4cc(C)ccc43)cc2)cc1. The van der Waals surface area contributed by atoms with E-state index in [1.54, 1.807) is 0 Å². The van der Waals surface area contributed by atoms with Crippen LogP contribution in [0.15, 0.2) is 194 Å². The molecule has 0 aliphatic rings. The lowest BCUT2D eigenvalue weighted by atomic mass is 9.89. The maximum Gasteiger partial charge on any atom is 0.165 e. The maximum atomic E-state index is 11.0. The summed E-state index contributed by atoms with van der Waals surface area (Å²) in [5.41, 5.74) is 18.4. The molecule has 12 aromatic rings. The third kappa shape index (κ3) is 6.92. The van der Waals surface area contributed by atoms with E-state index in [2.05, 4.69) is 170 Å². The lowest BCUT2D eigenvalue weighted by molar-refractivity contribution is 1.07. The van der Waals surface area contributed by atoms with Crippen LogP contribution in [0.4, 0.5) is 0 Å². The van der Waals surface area contributed by atoms with Crippen LogP contribution in [0.1, 0.15) is 27.8 Å². The largest absolute Gasteiger partial charge is 0.309 e. The van der Waals surface area contributed by atoms with Gasteiger partial charge in [-0.25, -0.2) is 15.0 Å². The summed E-state index contributed by atoms with van der Waals surface area (Å²) in [7, 11) is 0. The van der Waals surface area contributed by atoms with Crippen molar-refractivity contribution in [2.45, 2.75) is 27.7 Å². The summed E-state index contributed by atoms with van der Waals surface area (Å²) in [4.78, 5) is 15.1. The highest BCUT2D eigenvalue weighted by molar-refractivity contribution is 6.11. The van der Waals surface area contributed by atoms with Gasteiger partial charge in [-0.1, -0.05) is 131 Å². The molecular weight excluding hydrogens is 829 g/mol. The summed E-state index contributed by atoms with van der Waals surface area (Å²) in [6.07, 6.45) is 0. The highest BCUT2D eigenvalue weighted by Crippen LogP contribution is 2.41. The van der Waals surface area contributed by atoms with E-state index >= 15 is 0 Å². The molecule has 68 heavy (non-hydrogen) atoms. The van der Waals surface area contributed by atoms with E-state index in [1.165, 1.54) is 43.8 Å². The molecule has 0 N–H and O–H groups in total. The van der Waals surface area contributed by atoms with Crippen LogP contribution >= 0.6 is 0 Å². The second kappa shape index (κ2) is 16.2. The summed E-state index contributed by atoms with van der Waals surface area (Å²) in [5.74, 6) is 1.51. The van der Waals surface area contributed by atoms with Crippen molar-refractivity contribution in [1.82, 2.24) is 24.1 Å². The number of rotatable bonds is 7. The Morgan fingerprint density at radius 3 is 1.06 bits per heavy atom. The van der Waals surface area contributed by atoms with Gasteiger partial charge in [-0.05, 0) is 135 Å². The third-order valence-corrected chi connectivity index (χ3v) is 13.2. The first-order valence-corrected chi connectivity index (χ1v) is 23.0.